The summed E-state index contributed by atoms with van der Waals surface area (Å²) in [5.41, 5.74) is 12.3. The van der Waals surface area contributed by atoms with Crippen molar-refractivity contribution in [1.29, 1.82) is 0 Å². The summed E-state index contributed by atoms with van der Waals surface area (Å²) in [6.07, 6.45) is 4.86. The van der Waals surface area contributed by atoms with Gasteiger partial charge in [0.1, 0.15) is 0 Å². The van der Waals surface area contributed by atoms with Crippen LogP contribution in [-0.4, -0.2) is 9.97 Å². The van der Waals surface area contributed by atoms with E-state index < -0.39 is 0 Å². The molecule has 0 aliphatic rings. The van der Waals surface area contributed by atoms with E-state index in [0.29, 0.717) is 0 Å². The van der Waals surface area contributed by atoms with Crippen LogP contribution in [0.3, 0.4) is 0 Å². The number of hydrogen-bond donors (Lipinski definition) is 0. The molecule has 2 aromatic heterocycles. The number of nitrogens with zero attached hydrogens (tertiary/aromatic N) is 2. The zero-order valence-corrected chi connectivity index (χ0v) is 31.8. The van der Waals surface area contributed by atoms with E-state index in [0.717, 1.165) is 40.1 Å². The zero-order chi connectivity index (χ0) is 34.9. The van der Waals surface area contributed by atoms with Gasteiger partial charge in [0.15, 0.2) is 0 Å². The first-order valence-corrected chi connectivity index (χ1v) is 17.0. The van der Waals surface area contributed by atoms with Gasteiger partial charge < -0.3 is 9.97 Å². The molecular weight excluding hydrogens is 804 g/mol. The molecule has 0 saturated heterocycles. The maximum Gasteiger partial charge on any atom is 0.0379 e. The predicted molar refractivity (Wildman–Crippen MR) is 205 cm³/mol. The molecule has 1 unspecified atom stereocenters. The van der Waals surface area contributed by atoms with Crippen molar-refractivity contribution < 1.29 is 24.5 Å². The summed E-state index contributed by atoms with van der Waals surface area (Å²) < 4.78 is 13.3. The normalized spacial score (nSPS) is 11.5. The third-order valence-corrected chi connectivity index (χ3v) is 8.59. The van der Waals surface area contributed by atoms with Crippen LogP contribution in [0, 0.1) is 23.4 Å². The average molecular weight is 845 g/mol. The molecule has 2 heterocycles. The maximum absolute atomic E-state index is 13.3. The molecule has 0 spiro atoms. The fourth-order valence-electron chi connectivity index (χ4n) is 6.06. The van der Waals surface area contributed by atoms with E-state index in [1.807, 2.05) is 48.8 Å². The Kier molecular flexibility index (Phi) is 12.6. The van der Waals surface area contributed by atoms with Gasteiger partial charge in [-0.05, 0) is 46.0 Å². The minimum atomic E-state index is -0.294. The quantitative estimate of drug-likeness (QED) is 0.149. The molecule has 0 aliphatic carbocycles. The van der Waals surface area contributed by atoms with Gasteiger partial charge in [0.2, 0.25) is 0 Å². The van der Waals surface area contributed by atoms with Gasteiger partial charge in [0, 0.05) is 49.8 Å². The van der Waals surface area contributed by atoms with Gasteiger partial charge >= 0.3 is 0 Å². The first-order valence-electron chi connectivity index (χ1n) is 17.0. The molecule has 0 bridgehead atoms. The van der Waals surface area contributed by atoms with E-state index >= 15 is 0 Å². The molecule has 2 nitrogen and oxygen atoms in total. The van der Waals surface area contributed by atoms with Crippen molar-refractivity contribution >= 4 is 0 Å². The van der Waals surface area contributed by atoms with Gasteiger partial charge in [-0.1, -0.05) is 148 Å². The number of hydrogen-bond acceptors (Lipinski definition) is 2. The molecule has 0 N–H and O–H groups in total. The number of halogens is 1. The molecule has 7 rings (SSSR count). The Hall–Kier alpha value is -5.02. The fraction of sp³-hybridized carbons (Fsp3) is 0.149. The second-order valence-corrected chi connectivity index (χ2v) is 13.7. The summed E-state index contributed by atoms with van der Waals surface area (Å²) >= 11 is 0. The van der Waals surface area contributed by atoms with Gasteiger partial charge in [-0.15, -0.1) is 59.7 Å². The van der Waals surface area contributed by atoms with Crippen molar-refractivity contribution in [3.05, 3.63) is 193 Å². The molecule has 0 saturated carbocycles. The molecule has 1 radical (unpaired) electrons. The first-order chi connectivity index (χ1) is 24.2. The smallest absolute Gasteiger partial charge is 0.0379 e. The maximum atomic E-state index is 13.3. The van der Waals surface area contributed by atoms with E-state index in [9.17, 15) is 4.39 Å². The monoisotopic (exact) mass is 845 g/mol. The Bertz CT molecular complexity index is 2110. The third-order valence-electron chi connectivity index (χ3n) is 8.59. The minimum absolute atomic E-state index is 0. The topological polar surface area (TPSA) is 25.8 Å². The SMILES string of the molecule is CC(C)(C)Cc1ccnc(-c2[c-]cc(-c3ccccc3)cc2)c1.CC(c1ccccc1)c1cc(-c2[c-]cc(F)cc2)ncc1-c1ccccc1.[Ir]. The average Bonchev–Trinajstić information content (AvgIpc) is 3.15. The van der Waals surface area contributed by atoms with Crippen molar-refractivity contribution in [1.82, 2.24) is 9.97 Å². The predicted octanol–water partition coefficient (Wildman–Crippen LogP) is 12.3. The summed E-state index contributed by atoms with van der Waals surface area (Å²) in [6.45, 7) is 8.98. The summed E-state index contributed by atoms with van der Waals surface area (Å²) in [5.74, 6) is -0.0962. The Morgan fingerprint density at radius 3 is 1.80 bits per heavy atom. The second-order valence-electron chi connectivity index (χ2n) is 13.7. The van der Waals surface area contributed by atoms with Gasteiger partial charge in [0.25, 0.3) is 0 Å². The van der Waals surface area contributed by atoms with Crippen LogP contribution in [0.15, 0.2) is 158 Å². The Morgan fingerprint density at radius 1 is 0.627 bits per heavy atom. The third kappa shape index (κ3) is 10.0. The zero-order valence-electron chi connectivity index (χ0n) is 29.4. The Labute approximate surface area is 315 Å². The molecule has 51 heavy (non-hydrogen) atoms. The summed E-state index contributed by atoms with van der Waals surface area (Å²) in [5, 5.41) is 0. The van der Waals surface area contributed by atoms with Crippen LogP contribution in [0.1, 0.15) is 50.3 Å². The fourth-order valence-corrected chi connectivity index (χ4v) is 6.06. The van der Waals surface area contributed by atoms with E-state index in [4.69, 9.17) is 0 Å². The van der Waals surface area contributed by atoms with Gasteiger partial charge in [0.05, 0.1) is 0 Å². The number of rotatable bonds is 7. The molecule has 5 aromatic carbocycles. The molecule has 0 amide bonds. The van der Waals surface area contributed by atoms with E-state index in [2.05, 4.69) is 141 Å². The van der Waals surface area contributed by atoms with Crippen LogP contribution in [0.5, 0.6) is 0 Å². The summed E-state index contributed by atoms with van der Waals surface area (Å²) in [7, 11) is 0. The van der Waals surface area contributed by atoms with Gasteiger partial charge in [-0.3, -0.25) is 4.39 Å². The molecule has 0 aliphatic heterocycles. The van der Waals surface area contributed by atoms with Crippen molar-refractivity contribution in [2.24, 2.45) is 5.41 Å². The Balaban J connectivity index is 0.000000196. The van der Waals surface area contributed by atoms with Crippen molar-refractivity contribution in [3.63, 3.8) is 0 Å². The van der Waals surface area contributed by atoms with Crippen LogP contribution >= 0.6 is 0 Å². The standard InChI is InChI=1S/C25H19FN.C22H22N.Ir/c1-18(19-8-4-2-5-9-19)23-16-25(21-12-14-22(26)15-13-21)27-17-24(23)20-10-6-3-7-11-20;1-22(2,3)16-17-13-14-23-21(15-17)20-11-9-19(10-12-20)18-7-5-4-6-8-18;/h2-12,14-18H,1H3;4-11,13-15H,16H2,1-3H3;/q2*-1;. The van der Waals surface area contributed by atoms with E-state index in [1.54, 1.807) is 6.07 Å². The molecule has 257 valence electrons. The van der Waals surface area contributed by atoms with Crippen LogP contribution in [-0.2, 0) is 26.5 Å². The molecule has 4 heteroatoms. The van der Waals surface area contributed by atoms with Crippen LogP contribution in [0.2, 0.25) is 0 Å². The second kappa shape index (κ2) is 17.3. The van der Waals surface area contributed by atoms with E-state index in [1.165, 1.54) is 39.9 Å². The number of pyridine rings is 2. The molecular formula is C47H41FIrN2-2. The number of benzene rings is 5. The molecule has 0 fully saturated rings. The Morgan fingerprint density at radius 2 is 1.22 bits per heavy atom. The first kappa shape index (κ1) is 37.2. The molecule has 7 aromatic rings. The number of aromatic nitrogens is 2. The van der Waals surface area contributed by atoms with Crippen LogP contribution in [0.25, 0.3) is 44.8 Å². The summed E-state index contributed by atoms with van der Waals surface area (Å²) in [6, 6.07) is 54.6. The van der Waals surface area contributed by atoms with Crippen LogP contribution < -0.4 is 0 Å². The molecule has 1 atom stereocenters. The summed E-state index contributed by atoms with van der Waals surface area (Å²) in [4.78, 5) is 9.15. The van der Waals surface area contributed by atoms with Crippen molar-refractivity contribution in [3.8, 4) is 44.8 Å². The van der Waals surface area contributed by atoms with Gasteiger partial charge in [-0.25, -0.2) is 0 Å². The van der Waals surface area contributed by atoms with Crippen LogP contribution in [0.4, 0.5) is 4.39 Å². The largest absolute Gasteiger partial charge is 0.305 e. The van der Waals surface area contributed by atoms with E-state index in [-0.39, 0.29) is 37.3 Å². The van der Waals surface area contributed by atoms with Gasteiger partial charge in [-0.2, -0.15) is 0 Å². The van der Waals surface area contributed by atoms with Crippen molar-refractivity contribution in [2.45, 2.75) is 40.0 Å². The van der Waals surface area contributed by atoms with Crippen molar-refractivity contribution in [2.75, 3.05) is 0 Å². The minimum Gasteiger partial charge on any atom is -0.305 e.